The van der Waals surface area contributed by atoms with Crippen LogP contribution in [0.4, 0.5) is 15.9 Å². The lowest BCUT2D eigenvalue weighted by Crippen LogP contribution is -2.54. The second-order valence-electron chi connectivity index (χ2n) is 8.54. The van der Waals surface area contributed by atoms with Gasteiger partial charge in [0.2, 0.25) is 5.88 Å². The van der Waals surface area contributed by atoms with Crippen LogP contribution in [-0.4, -0.2) is 46.3 Å². The Kier molecular flexibility index (Phi) is 5.61. The topological polar surface area (TPSA) is 156 Å². The highest BCUT2D eigenvalue weighted by atomic mass is 32.2. The lowest BCUT2D eigenvalue weighted by molar-refractivity contribution is 0.353. The molecule has 1 aliphatic rings. The van der Waals surface area contributed by atoms with E-state index in [9.17, 15) is 12.8 Å². The molecule has 0 unspecified atom stereocenters. The summed E-state index contributed by atoms with van der Waals surface area (Å²) in [5.41, 5.74) is 6.02. The largest absolute Gasteiger partial charge is 0.461 e. The van der Waals surface area contributed by atoms with Crippen molar-refractivity contribution in [2.24, 2.45) is 10.7 Å². The Morgan fingerprint density at radius 1 is 1.26 bits per heavy atom. The molecule has 0 radical (unpaired) electrons. The number of fused-ring (bicyclic) bond motifs is 1. The third-order valence-electron chi connectivity index (χ3n) is 5.76. The van der Waals surface area contributed by atoms with E-state index in [1.165, 1.54) is 44.4 Å². The number of amidine groups is 1. The number of benzene rings is 1. The van der Waals surface area contributed by atoms with Crippen molar-refractivity contribution >= 4 is 38.2 Å². The Balaban J connectivity index is 1.72. The first-order valence-corrected chi connectivity index (χ1v) is 11.9. The molecule has 0 saturated carbocycles. The number of halogens is 1. The summed E-state index contributed by atoms with van der Waals surface area (Å²) in [5, 5.41) is 11.7. The molecule has 3 N–H and O–H groups in total. The van der Waals surface area contributed by atoms with E-state index in [-0.39, 0.29) is 23.9 Å². The Morgan fingerprint density at radius 2 is 2.03 bits per heavy atom. The minimum absolute atomic E-state index is 0.0700. The van der Waals surface area contributed by atoms with E-state index in [0.717, 1.165) is 0 Å². The molecule has 34 heavy (non-hydrogen) atoms. The number of rotatable bonds is 5. The molecule has 3 aromatic rings. The average molecular weight is 484 g/mol. The van der Waals surface area contributed by atoms with Crippen molar-refractivity contribution in [3.63, 3.8) is 0 Å². The van der Waals surface area contributed by atoms with Crippen LogP contribution in [0.2, 0.25) is 0 Å². The number of sulfone groups is 1. The molecule has 0 bridgehead atoms. The number of nitriles is 1. The molecule has 1 aromatic carbocycles. The maximum absolute atomic E-state index is 14.9. The fourth-order valence-electron chi connectivity index (χ4n) is 3.63. The minimum Gasteiger partial charge on any atom is -0.461 e. The van der Waals surface area contributed by atoms with E-state index in [4.69, 9.17) is 15.7 Å². The summed E-state index contributed by atoms with van der Waals surface area (Å²) in [6.07, 6.45) is 2.88. The summed E-state index contributed by atoms with van der Waals surface area (Å²) in [5.74, 6) is -0.527. The lowest BCUT2D eigenvalue weighted by atomic mass is 9.92. The summed E-state index contributed by atoms with van der Waals surface area (Å²) in [6, 6.07) is 7.70. The van der Waals surface area contributed by atoms with Crippen LogP contribution in [0.1, 0.15) is 26.3 Å². The van der Waals surface area contributed by atoms with Gasteiger partial charge in [0, 0.05) is 17.4 Å². The number of nitrogens with two attached hydrogens (primary N) is 1. The summed E-state index contributed by atoms with van der Waals surface area (Å²) >= 11 is 0. The zero-order valence-corrected chi connectivity index (χ0v) is 19.5. The van der Waals surface area contributed by atoms with Crippen LogP contribution >= 0.6 is 0 Å². The van der Waals surface area contributed by atoms with Gasteiger partial charge in [0.25, 0.3) is 0 Å². The zero-order valence-electron chi connectivity index (χ0n) is 18.7. The number of pyridine rings is 1. The molecule has 0 fully saturated rings. The Bertz CT molecular complexity index is 1470. The van der Waals surface area contributed by atoms with E-state index in [1.807, 2.05) is 6.07 Å². The van der Waals surface area contributed by atoms with E-state index in [1.54, 1.807) is 13.0 Å². The second-order valence-corrected chi connectivity index (χ2v) is 11.1. The van der Waals surface area contributed by atoms with Crippen LogP contribution in [0.25, 0.3) is 11.0 Å². The molecule has 176 valence electrons. The van der Waals surface area contributed by atoms with Crippen LogP contribution in [0, 0.1) is 17.1 Å². The van der Waals surface area contributed by atoms with Crippen LogP contribution in [0.5, 0.6) is 5.88 Å². The Labute approximate surface area is 195 Å². The molecular weight excluding hydrogens is 461 g/mol. The normalized spacial score (nSPS) is 20.9. The summed E-state index contributed by atoms with van der Waals surface area (Å²) in [7, 11) is -3.70. The summed E-state index contributed by atoms with van der Waals surface area (Å²) in [6.45, 7) is 4.35. The van der Waals surface area contributed by atoms with Crippen molar-refractivity contribution in [3.8, 4) is 11.9 Å². The van der Waals surface area contributed by atoms with Gasteiger partial charge in [-0.15, -0.1) is 0 Å². The van der Waals surface area contributed by atoms with Gasteiger partial charge in [-0.05, 0) is 45.0 Å². The molecule has 3 heterocycles. The van der Waals surface area contributed by atoms with E-state index in [0.29, 0.717) is 22.5 Å². The SMILES string of the molecule is CC1(C)C(N)=N[C@](C)(c2cc(Nc3nccc4nc(OCC#N)cnc34)ccc2F)CS1(=O)=O. The fourth-order valence-corrected chi connectivity index (χ4v) is 5.31. The standard InChI is InChI=1S/C22H22FN7O3S/c1-21(2)20(25)30-22(3,12-34(21,31)32)14-10-13(4-5-15(14)23)28-19-18-16(6-8-26-19)29-17(11-27-18)33-9-7-24/h4-6,8,10-11H,9,12H2,1-3H3,(H2,25,30)(H,26,28)/t22-/m0/s1. The summed E-state index contributed by atoms with van der Waals surface area (Å²) < 4.78 is 44.5. The number of nitrogens with zero attached hydrogens (tertiary/aromatic N) is 5. The molecule has 2 aromatic heterocycles. The first-order chi connectivity index (χ1) is 16.0. The number of ether oxygens (including phenoxy) is 1. The average Bonchev–Trinajstić information content (AvgIpc) is 2.77. The molecule has 0 aliphatic carbocycles. The van der Waals surface area contributed by atoms with E-state index < -0.39 is 31.7 Å². The van der Waals surface area contributed by atoms with Crippen molar-refractivity contribution in [2.75, 3.05) is 17.7 Å². The van der Waals surface area contributed by atoms with Crippen molar-refractivity contribution < 1.29 is 17.5 Å². The number of aromatic nitrogens is 3. The molecule has 0 spiro atoms. The minimum atomic E-state index is -3.70. The third-order valence-corrected chi connectivity index (χ3v) is 8.47. The first-order valence-electron chi connectivity index (χ1n) is 10.2. The van der Waals surface area contributed by atoms with Gasteiger partial charge < -0.3 is 15.8 Å². The monoisotopic (exact) mass is 483 g/mol. The highest BCUT2D eigenvalue weighted by Crippen LogP contribution is 2.39. The van der Waals surface area contributed by atoms with Gasteiger partial charge in [0.15, 0.2) is 22.3 Å². The number of anilines is 2. The quantitative estimate of drug-likeness (QED) is 0.557. The molecule has 0 amide bonds. The molecule has 1 aliphatic heterocycles. The highest BCUT2D eigenvalue weighted by Gasteiger charge is 2.49. The van der Waals surface area contributed by atoms with Gasteiger partial charge in [-0.1, -0.05) is 0 Å². The van der Waals surface area contributed by atoms with Crippen LogP contribution in [-0.2, 0) is 15.4 Å². The molecule has 12 heteroatoms. The van der Waals surface area contributed by atoms with Crippen molar-refractivity contribution in [3.05, 3.63) is 48.0 Å². The van der Waals surface area contributed by atoms with E-state index in [2.05, 4.69) is 25.3 Å². The molecule has 0 saturated heterocycles. The van der Waals surface area contributed by atoms with Crippen LogP contribution < -0.4 is 15.8 Å². The number of nitrogens with one attached hydrogen (secondary N) is 1. The molecule has 1 atom stereocenters. The fraction of sp³-hybridized carbons (Fsp3) is 0.318. The van der Waals surface area contributed by atoms with Crippen LogP contribution in [0.15, 0.2) is 41.7 Å². The molecule has 4 rings (SSSR count). The van der Waals surface area contributed by atoms with Gasteiger partial charge in [-0.25, -0.2) is 27.8 Å². The zero-order chi connectivity index (χ0) is 24.7. The summed E-state index contributed by atoms with van der Waals surface area (Å²) in [4.78, 5) is 17.3. The predicted octanol–water partition coefficient (Wildman–Crippen LogP) is 2.59. The van der Waals surface area contributed by atoms with E-state index >= 15 is 0 Å². The van der Waals surface area contributed by atoms with Gasteiger partial charge in [0.05, 0.1) is 17.5 Å². The van der Waals surface area contributed by atoms with Crippen molar-refractivity contribution in [2.45, 2.75) is 31.1 Å². The maximum atomic E-state index is 14.9. The van der Waals surface area contributed by atoms with Gasteiger partial charge >= 0.3 is 0 Å². The smallest absolute Gasteiger partial charge is 0.233 e. The van der Waals surface area contributed by atoms with Gasteiger partial charge in [0.1, 0.15) is 33.5 Å². The molecular formula is C22H22FN7O3S. The number of aliphatic imine (C=N–C) groups is 1. The number of hydrogen-bond donors (Lipinski definition) is 2. The first kappa shape index (κ1) is 23.3. The predicted molar refractivity (Wildman–Crippen MR) is 125 cm³/mol. The second kappa shape index (κ2) is 8.18. The van der Waals surface area contributed by atoms with Crippen LogP contribution in [0.3, 0.4) is 0 Å². The van der Waals surface area contributed by atoms with Crippen molar-refractivity contribution in [1.82, 2.24) is 15.0 Å². The Hall–Kier alpha value is -3.85. The van der Waals surface area contributed by atoms with Crippen molar-refractivity contribution in [1.29, 1.82) is 5.26 Å². The van der Waals surface area contributed by atoms with Gasteiger partial charge in [-0.3, -0.25) is 4.99 Å². The maximum Gasteiger partial charge on any atom is 0.233 e. The Morgan fingerprint density at radius 3 is 2.74 bits per heavy atom. The molecule has 10 nitrogen and oxygen atoms in total. The third kappa shape index (κ3) is 3.99. The van der Waals surface area contributed by atoms with Gasteiger partial charge in [-0.2, -0.15) is 5.26 Å². The number of hydrogen-bond acceptors (Lipinski definition) is 10. The highest BCUT2D eigenvalue weighted by molar-refractivity contribution is 7.93. The lowest BCUT2D eigenvalue weighted by Gasteiger charge is -2.38.